The third-order valence-electron chi connectivity index (χ3n) is 3.31. The Bertz CT molecular complexity index is 1070. The van der Waals surface area contributed by atoms with Gasteiger partial charge in [0.05, 0.1) is 21.9 Å². The van der Waals surface area contributed by atoms with Gasteiger partial charge in [-0.25, -0.2) is 21.6 Å². The predicted molar refractivity (Wildman–Crippen MR) is 95.5 cm³/mol. The molecular weight excluding hydrogens is 411 g/mol. The summed E-state index contributed by atoms with van der Waals surface area (Å²) in [6.07, 6.45) is 0.980. The quantitative estimate of drug-likeness (QED) is 0.788. The first kappa shape index (κ1) is 18.3. The molecule has 0 fully saturated rings. The van der Waals surface area contributed by atoms with E-state index in [-0.39, 0.29) is 33.6 Å². The van der Waals surface area contributed by atoms with Crippen LogP contribution in [-0.4, -0.2) is 23.1 Å². The number of fused-ring (bicyclic) bond motifs is 1. The van der Waals surface area contributed by atoms with E-state index in [9.17, 15) is 16.8 Å². The summed E-state index contributed by atoms with van der Waals surface area (Å²) in [5.41, 5.74) is 0.534. The van der Waals surface area contributed by atoms with Crippen LogP contribution in [-0.2, 0) is 26.6 Å². The van der Waals surface area contributed by atoms with E-state index in [0.29, 0.717) is 10.6 Å². The normalized spacial score (nSPS) is 15.6. The van der Waals surface area contributed by atoms with Crippen molar-refractivity contribution in [1.82, 2.24) is 4.72 Å². The maximum absolute atomic E-state index is 12.0. The van der Waals surface area contributed by atoms with Crippen molar-refractivity contribution in [2.45, 2.75) is 11.4 Å². The van der Waals surface area contributed by atoms with Crippen LogP contribution in [0.25, 0.3) is 0 Å². The van der Waals surface area contributed by atoms with Gasteiger partial charge < -0.3 is 4.74 Å². The van der Waals surface area contributed by atoms with Crippen molar-refractivity contribution in [3.05, 3.63) is 45.9 Å². The number of nitrogens with one attached hydrogen (secondary N) is 2. The minimum atomic E-state index is -3.66. The molecule has 0 aromatic heterocycles. The van der Waals surface area contributed by atoms with Crippen LogP contribution in [0.2, 0.25) is 10.0 Å². The van der Waals surface area contributed by atoms with Crippen molar-refractivity contribution in [1.29, 1.82) is 0 Å². The monoisotopic (exact) mass is 422 g/mol. The van der Waals surface area contributed by atoms with Gasteiger partial charge in [-0.15, -0.1) is 0 Å². The van der Waals surface area contributed by atoms with Crippen LogP contribution >= 0.6 is 23.2 Å². The van der Waals surface area contributed by atoms with Gasteiger partial charge in [-0.1, -0.05) is 23.2 Å². The van der Waals surface area contributed by atoms with Gasteiger partial charge in [0, 0.05) is 17.6 Å². The van der Waals surface area contributed by atoms with Crippen LogP contribution in [0, 0.1) is 0 Å². The Morgan fingerprint density at radius 3 is 2.52 bits per heavy atom. The highest BCUT2D eigenvalue weighted by Crippen LogP contribution is 2.39. The molecule has 3 rings (SSSR count). The van der Waals surface area contributed by atoms with Crippen LogP contribution in [0.3, 0.4) is 0 Å². The molecule has 25 heavy (non-hydrogen) atoms. The number of sulfonamides is 2. The molecule has 2 aromatic rings. The molecular formula is C14H12Cl2N2O5S2. The van der Waals surface area contributed by atoms with Gasteiger partial charge in [-0.2, -0.15) is 0 Å². The zero-order valence-electron chi connectivity index (χ0n) is 12.7. The third-order valence-corrected chi connectivity index (χ3v) is 5.92. The lowest BCUT2D eigenvalue weighted by atomic mass is 10.2. The van der Waals surface area contributed by atoms with Gasteiger partial charge in [-0.05, 0) is 29.8 Å². The lowest BCUT2D eigenvalue weighted by Gasteiger charge is -2.14. The fraction of sp³-hybridized carbons (Fsp3) is 0.143. The first-order valence-electron chi connectivity index (χ1n) is 6.82. The Balaban J connectivity index is 2.12. The number of hydrogen-bond donors (Lipinski definition) is 2. The van der Waals surface area contributed by atoms with E-state index in [0.717, 1.165) is 6.26 Å². The summed E-state index contributed by atoms with van der Waals surface area (Å²) in [5, 5.41) is 0.590. The van der Waals surface area contributed by atoms with E-state index in [4.69, 9.17) is 27.9 Å². The molecule has 7 nitrogen and oxygen atoms in total. The van der Waals surface area contributed by atoms with Crippen molar-refractivity contribution in [2.75, 3.05) is 11.0 Å². The molecule has 0 saturated carbocycles. The van der Waals surface area contributed by atoms with E-state index in [1.807, 2.05) is 0 Å². The fourth-order valence-corrected chi connectivity index (χ4v) is 4.53. The topological polar surface area (TPSA) is 102 Å². The largest absolute Gasteiger partial charge is 0.454 e. The number of rotatable bonds is 4. The summed E-state index contributed by atoms with van der Waals surface area (Å²) in [5.74, 6) is 0.201. The SMILES string of the molecule is CS(=O)(=O)Nc1cc2c(cc1Oc1ccc(Cl)cc1Cl)S(=O)(=O)NC2. The molecule has 2 aromatic carbocycles. The van der Waals surface area contributed by atoms with Crippen LogP contribution in [0.4, 0.5) is 5.69 Å². The van der Waals surface area contributed by atoms with Crippen molar-refractivity contribution in [2.24, 2.45) is 0 Å². The van der Waals surface area contributed by atoms with E-state index in [2.05, 4.69) is 9.44 Å². The van der Waals surface area contributed by atoms with E-state index in [1.165, 1.54) is 30.3 Å². The zero-order valence-corrected chi connectivity index (χ0v) is 15.9. The molecule has 0 bridgehead atoms. The number of benzene rings is 2. The Hall–Kier alpha value is -1.52. The third kappa shape index (κ3) is 4.01. The molecule has 0 radical (unpaired) electrons. The van der Waals surface area contributed by atoms with Gasteiger partial charge in [-0.3, -0.25) is 4.72 Å². The summed E-state index contributed by atoms with van der Waals surface area (Å²) in [6.45, 7) is 0.0675. The number of anilines is 1. The van der Waals surface area contributed by atoms with Crippen LogP contribution in [0.15, 0.2) is 35.2 Å². The molecule has 1 aliphatic heterocycles. The Kier molecular flexibility index (Phi) is 4.63. The van der Waals surface area contributed by atoms with Crippen LogP contribution < -0.4 is 14.2 Å². The molecule has 11 heteroatoms. The average Bonchev–Trinajstić information content (AvgIpc) is 2.76. The Morgan fingerprint density at radius 2 is 1.88 bits per heavy atom. The molecule has 0 saturated heterocycles. The van der Waals surface area contributed by atoms with Crippen molar-refractivity contribution in [3.63, 3.8) is 0 Å². The van der Waals surface area contributed by atoms with Gasteiger partial charge in [0.1, 0.15) is 5.75 Å². The van der Waals surface area contributed by atoms with E-state index < -0.39 is 20.0 Å². The number of halogens is 2. The average molecular weight is 423 g/mol. The molecule has 0 unspecified atom stereocenters. The number of hydrogen-bond acceptors (Lipinski definition) is 5. The number of ether oxygens (including phenoxy) is 1. The molecule has 1 aliphatic rings. The molecule has 0 amide bonds. The van der Waals surface area contributed by atoms with Crippen molar-refractivity contribution < 1.29 is 21.6 Å². The maximum Gasteiger partial charge on any atom is 0.241 e. The van der Waals surface area contributed by atoms with Crippen LogP contribution in [0.1, 0.15) is 5.56 Å². The fourth-order valence-electron chi connectivity index (χ4n) is 2.29. The van der Waals surface area contributed by atoms with Crippen LogP contribution in [0.5, 0.6) is 11.5 Å². The molecule has 0 atom stereocenters. The molecule has 0 aliphatic carbocycles. The van der Waals surface area contributed by atoms with Crippen molar-refractivity contribution >= 4 is 48.9 Å². The van der Waals surface area contributed by atoms with Gasteiger partial charge in [0.2, 0.25) is 20.0 Å². The second-order valence-electron chi connectivity index (χ2n) is 5.33. The second kappa shape index (κ2) is 6.33. The van der Waals surface area contributed by atoms with E-state index in [1.54, 1.807) is 0 Å². The van der Waals surface area contributed by atoms with Crippen molar-refractivity contribution in [3.8, 4) is 11.5 Å². The van der Waals surface area contributed by atoms with Gasteiger partial charge in [0.15, 0.2) is 5.75 Å². The first-order chi connectivity index (χ1) is 11.5. The Morgan fingerprint density at radius 1 is 1.16 bits per heavy atom. The molecule has 0 spiro atoms. The smallest absolute Gasteiger partial charge is 0.241 e. The molecule has 134 valence electrons. The van der Waals surface area contributed by atoms with Gasteiger partial charge in [0.25, 0.3) is 0 Å². The standard InChI is InChI=1S/C14H12Cl2N2O5S2/c1-24(19,20)18-11-4-8-7-17-25(21,22)14(8)6-13(11)23-12-3-2-9(15)5-10(12)16/h2-6,17-18H,7H2,1H3. The second-order valence-corrected chi connectivity index (χ2v) is 9.66. The summed E-state index contributed by atoms with van der Waals surface area (Å²) in [4.78, 5) is 0.0200. The highest BCUT2D eigenvalue weighted by Gasteiger charge is 2.28. The highest BCUT2D eigenvalue weighted by molar-refractivity contribution is 7.92. The highest BCUT2D eigenvalue weighted by atomic mass is 35.5. The van der Waals surface area contributed by atoms with Gasteiger partial charge >= 0.3 is 0 Å². The summed E-state index contributed by atoms with van der Waals surface area (Å²) >= 11 is 11.9. The summed E-state index contributed by atoms with van der Waals surface area (Å²) in [6, 6.07) is 7.15. The molecule has 1 heterocycles. The lowest BCUT2D eigenvalue weighted by Crippen LogP contribution is -2.13. The predicted octanol–water partition coefficient (Wildman–Crippen LogP) is 2.95. The minimum Gasteiger partial charge on any atom is -0.454 e. The Labute approximate surface area is 155 Å². The molecule has 2 N–H and O–H groups in total. The maximum atomic E-state index is 12.0. The zero-order chi connectivity index (χ0) is 18.4. The van der Waals surface area contributed by atoms with E-state index >= 15 is 0 Å². The summed E-state index contributed by atoms with van der Waals surface area (Å²) < 4.78 is 57.6. The lowest BCUT2D eigenvalue weighted by molar-refractivity contribution is 0.483. The minimum absolute atomic E-state index is 0.000623. The first-order valence-corrected chi connectivity index (χ1v) is 11.0. The summed E-state index contributed by atoms with van der Waals surface area (Å²) in [7, 11) is -7.27.